The van der Waals surface area contributed by atoms with Gasteiger partial charge < -0.3 is 10.2 Å². The predicted octanol–water partition coefficient (Wildman–Crippen LogP) is 2.86. The van der Waals surface area contributed by atoms with Crippen LogP contribution in [0.2, 0.25) is 0 Å². The van der Waals surface area contributed by atoms with Crippen LogP contribution in [0.15, 0.2) is 27.1 Å². The standard InChI is InChI=1S/C11H16Br2N2/c1-15(2)4-3-14-8-9-5-10(12)7-11(13)6-9/h5-7,14H,3-4,8H2,1-2H3. The summed E-state index contributed by atoms with van der Waals surface area (Å²) in [5.74, 6) is 0. The summed E-state index contributed by atoms with van der Waals surface area (Å²) in [7, 11) is 4.16. The number of hydrogen-bond acceptors (Lipinski definition) is 2. The number of hydrogen-bond donors (Lipinski definition) is 1. The van der Waals surface area contributed by atoms with E-state index in [0.29, 0.717) is 0 Å². The van der Waals surface area contributed by atoms with Crippen LogP contribution in [-0.4, -0.2) is 32.1 Å². The van der Waals surface area contributed by atoms with Crippen LogP contribution in [0, 0.1) is 0 Å². The second-order valence-electron chi connectivity index (χ2n) is 3.76. The van der Waals surface area contributed by atoms with Crippen molar-refractivity contribution < 1.29 is 0 Å². The van der Waals surface area contributed by atoms with E-state index in [2.05, 4.69) is 68.3 Å². The second kappa shape index (κ2) is 6.63. The number of nitrogens with zero attached hydrogens (tertiary/aromatic N) is 1. The van der Waals surface area contributed by atoms with Crippen molar-refractivity contribution in [1.29, 1.82) is 0 Å². The van der Waals surface area contributed by atoms with E-state index in [1.165, 1.54) is 5.56 Å². The third-order valence-electron chi connectivity index (χ3n) is 1.99. The summed E-state index contributed by atoms with van der Waals surface area (Å²) in [6.45, 7) is 2.98. The van der Waals surface area contributed by atoms with Gasteiger partial charge in [-0.25, -0.2) is 0 Å². The van der Waals surface area contributed by atoms with Crippen molar-refractivity contribution in [3.63, 3.8) is 0 Å². The molecule has 1 N–H and O–H groups in total. The maximum absolute atomic E-state index is 3.48. The lowest BCUT2D eigenvalue weighted by Crippen LogP contribution is -2.26. The maximum Gasteiger partial charge on any atom is 0.0206 e. The SMILES string of the molecule is CN(C)CCNCc1cc(Br)cc(Br)c1. The van der Waals surface area contributed by atoms with Crippen molar-refractivity contribution in [2.45, 2.75) is 6.54 Å². The molecule has 0 fully saturated rings. The van der Waals surface area contributed by atoms with Gasteiger partial charge in [-0.1, -0.05) is 31.9 Å². The number of benzene rings is 1. The van der Waals surface area contributed by atoms with Crippen LogP contribution in [-0.2, 0) is 6.54 Å². The first-order chi connectivity index (χ1) is 7.08. The molecule has 0 unspecified atom stereocenters. The lowest BCUT2D eigenvalue weighted by Gasteiger charge is -2.10. The Hall–Kier alpha value is 0.1000. The van der Waals surface area contributed by atoms with Gasteiger partial charge in [-0.05, 0) is 37.9 Å². The van der Waals surface area contributed by atoms with E-state index in [1.54, 1.807) is 0 Å². The summed E-state index contributed by atoms with van der Waals surface area (Å²) in [5.41, 5.74) is 1.29. The number of nitrogens with one attached hydrogen (secondary N) is 1. The van der Waals surface area contributed by atoms with Crippen molar-refractivity contribution in [1.82, 2.24) is 10.2 Å². The molecule has 2 nitrogen and oxygen atoms in total. The Morgan fingerprint density at radius 1 is 1.13 bits per heavy atom. The molecular weight excluding hydrogens is 320 g/mol. The zero-order valence-electron chi connectivity index (χ0n) is 9.06. The molecule has 0 saturated heterocycles. The normalized spacial score (nSPS) is 11.0. The van der Waals surface area contributed by atoms with E-state index in [1.807, 2.05) is 6.07 Å². The van der Waals surface area contributed by atoms with Gasteiger partial charge in [0.05, 0.1) is 0 Å². The lowest BCUT2D eigenvalue weighted by atomic mass is 10.2. The highest BCUT2D eigenvalue weighted by Gasteiger charge is 1.97. The zero-order valence-corrected chi connectivity index (χ0v) is 12.2. The van der Waals surface area contributed by atoms with Crippen LogP contribution in [0.5, 0.6) is 0 Å². The summed E-state index contributed by atoms with van der Waals surface area (Å²) >= 11 is 6.96. The zero-order chi connectivity index (χ0) is 11.3. The third-order valence-corrected chi connectivity index (χ3v) is 2.90. The van der Waals surface area contributed by atoms with Gasteiger partial charge in [-0.2, -0.15) is 0 Å². The minimum atomic E-state index is 0.909. The molecule has 4 heteroatoms. The molecule has 15 heavy (non-hydrogen) atoms. The Morgan fingerprint density at radius 3 is 2.27 bits per heavy atom. The topological polar surface area (TPSA) is 15.3 Å². The molecule has 0 atom stereocenters. The van der Waals surface area contributed by atoms with Crippen molar-refractivity contribution in [3.05, 3.63) is 32.7 Å². The molecular formula is C11H16Br2N2. The largest absolute Gasteiger partial charge is 0.311 e. The van der Waals surface area contributed by atoms with E-state index in [4.69, 9.17) is 0 Å². The van der Waals surface area contributed by atoms with E-state index < -0.39 is 0 Å². The van der Waals surface area contributed by atoms with Gasteiger partial charge in [0.25, 0.3) is 0 Å². The Bertz CT molecular complexity index is 293. The molecule has 0 spiro atoms. The molecule has 1 rings (SSSR count). The van der Waals surface area contributed by atoms with Crippen LogP contribution in [0.1, 0.15) is 5.56 Å². The molecule has 0 radical (unpaired) electrons. The fraction of sp³-hybridized carbons (Fsp3) is 0.455. The molecule has 1 aromatic carbocycles. The van der Waals surface area contributed by atoms with E-state index in [-0.39, 0.29) is 0 Å². The van der Waals surface area contributed by atoms with Crippen LogP contribution in [0.25, 0.3) is 0 Å². The number of rotatable bonds is 5. The van der Waals surface area contributed by atoms with Crippen LogP contribution < -0.4 is 5.32 Å². The summed E-state index contributed by atoms with van der Waals surface area (Å²) in [6, 6.07) is 6.31. The minimum Gasteiger partial charge on any atom is -0.311 e. The van der Waals surface area contributed by atoms with E-state index >= 15 is 0 Å². The van der Waals surface area contributed by atoms with Crippen molar-refractivity contribution in [2.24, 2.45) is 0 Å². The van der Waals surface area contributed by atoms with Gasteiger partial charge in [0.15, 0.2) is 0 Å². The first kappa shape index (κ1) is 13.2. The quantitative estimate of drug-likeness (QED) is 0.832. The molecule has 0 aromatic heterocycles. The Morgan fingerprint density at radius 2 is 1.73 bits per heavy atom. The molecule has 84 valence electrons. The smallest absolute Gasteiger partial charge is 0.0206 e. The van der Waals surface area contributed by atoms with Crippen LogP contribution >= 0.6 is 31.9 Å². The van der Waals surface area contributed by atoms with Crippen molar-refractivity contribution in [3.8, 4) is 0 Å². The number of likely N-dealkylation sites (N-methyl/N-ethyl adjacent to an activating group) is 1. The molecule has 0 aliphatic heterocycles. The predicted molar refractivity (Wildman–Crippen MR) is 72.1 cm³/mol. The number of halogens is 2. The van der Waals surface area contributed by atoms with E-state index in [9.17, 15) is 0 Å². The Balaban J connectivity index is 2.37. The van der Waals surface area contributed by atoms with Crippen molar-refractivity contribution in [2.75, 3.05) is 27.2 Å². The second-order valence-corrected chi connectivity index (χ2v) is 5.59. The third kappa shape index (κ3) is 5.66. The lowest BCUT2D eigenvalue weighted by molar-refractivity contribution is 0.400. The monoisotopic (exact) mass is 334 g/mol. The Labute approximate surface area is 108 Å². The first-order valence-electron chi connectivity index (χ1n) is 4.88. The summed E-state index contributed by atoms with van der Waals surface area (Å²) in [4.78, 5) is 2.17. The van der Waals surface area contributed by atoms with E-state index in [0.717, 1.165) is 28.6 Å². The molecule has 0 aliphatic carbocycles. The fourth-order valence-electron chi connectivity index (χ4n) is 1.25. The summed E-state index contributed by atoms with van der Waals surface area (Å²) in [5, 5.41) is 3.40. The molecule has 0 heterocycles. The minimum absolute atomic E-state index is 0.909. The first-order valence-corrected chi connectivity index (χ1v) is 6.47. The highest BCUT2D eigenvalue weighted by molar-refractivity contribution is 9.11. The van der Waals surface area contributed by atoms with Crippen molar-refractivity contribution >= 4 is 31.9 Å². The molecule has 1 aromatic rings. The van der Waals surface area contributed by atoms with Gasteiger partial charge in [0.2, 0.25) is 0 Å². The van der Waals surface area contributed by atoms with Crippen LogP contribution in [0.4, 0.5) is 0 Å². The molecule has 0 amide bonds. The molecule has 0 saturated carbocycles. The van der Waals surface area contributed by atoms with Gasteiger partial charge in [-0.15, -0.1) is 0 Å². The Kier molecular flexibility index (Phi) is 5.82. The molecule has 0 bridgehead atoms. The maximum atomic E-state index is 3.48. The molecule has 0 aliphatic rings. The van der Waals surface area contributed by atoms with Gasteiger partial charge >= 0.3 is 0 Å². The van der Waals surface area contributed by atoms with Gasteiger partial charge in [-0.3, -0.25) is 0 Å². The highest BCUT2D eigenvalue weighted by atomic mass is 79.9. The summed E-state index contributed by atoms with van der Waals surface area (Å²) in [6.07, 6.45) is 0. The average molecular weight is 336 g/mol. The fourth-order valence-corrected chi connectivity index (χ4v) is 2.64. The average Bonchev–Trinajstić information content (AvgIpc) is 2.10. The van der Waals surface area contributed by atoms with Crippen LogP contribution in [0.3, 0.4) is 0 Å². The summed E-state index contributed by atoms with van der Waals surface area (Å²) < 4.78 is 2.22. The van der Waals surface area contributed by atoms with Gasteiger partial charge in [0.1, 0.15) is 0 Å². The highest BCUT2D eigenvalue weighted by Crippen LogP contribution is 2.19. The van der Waals surface area contributed by atoms with Gasteiger partial charge in [0, 0.05) is 28.6 Å².